The molecule has 14 N–H and O–H groups in total. The Morgan fingerprint density at radius 2 is 1.52 bits per heavy atom. The van der Waals surface area contributed by atoms with Gasteiger partial charge in [0.25, 0.3) is 0 Å². The third-order valence-electron chi connectivity index (χ3n) is 5.94. The number of carbonyl (C=O) groups excluding carboxylic acids is 4. The van der Waals surface area contributed by atoms with E-state index in [9.17, 15) is 34.2 Å². The van der Waals surface area contributed by atoms with Gasteiger partial charge in [-0.15, -0.1) is 0 Å². The molecule has 0 bridgehead atoms. The second-order valence-corrected chi connectivity index (χ2v) is 9.40. The van der Waals surface area contributed by atoms with Crippen molar-refractivity contribution in [3.63, 3.8) is 0 Å². The minimum Gasteiger partial charge on any atom is -0.508 e. The van der Waals surface area contributed by atoms with E-state index in [2.05, 4.69) is 30.9 Å². The number of aliphatic carboxylic acids is 1. The normalized spacial score (nSPS) is 13.5. The van der Waals surface area contributed by atoms with Gasteiger partial charge in [-0.25, -0.2) is 9.78 Å². The average Bonchev–Trinajstić information content (AvgIpc) is 3.43. The molecule has 4 amide bonds. The van der Waals surface area contributed by atoms with Crippen LogP contribution in [0, 0.1) is 0 Å². The summed E-state index contributed by atoms with van der Waals surface area (Å²) < 4.78 is 0. The highest BCUT2D eigenvalue weighted by atomic mass is 16.4. The molecule has 0 aliphatic heterocycles. The fraction of sp³-hybridized carbons (Fsp3) is 0.400. The number of carboxylic acid groups (broad SMARTS) is 1. The predicted octanol–water partition coefficient (Wildman–Crippen LogP) is -3.30. The summed E-state index contributed by atoms with van der Waals surface area (Å²) in [5.74, 6) is -4.91. The van der Waals surface area contributed by atoms with Gasteiger partial charge in [0.1, 0.15) is 23.9 Å². The van der Waals surface area contributed by atoms with Gasteiger partial charge in [0.2, 0.25) is 23.6 Å². The van der Waals surface area contributed by atoms with Crippen LogP contribution in [0.4, 0.5) is 0 Å². The third kappa shape index (κ3) is 11.5. The molecule has 4 unspecified atom stereocenters. The zero-order chi connectivity index (χ0) is 31.2. The van der Waals surface area contributed by atoms with E-state index in [1.807, 2.05) is 0 Å². The first kappa shape index (κ1) is 33.0. The Bertz CT molecular complexity index is 1250. The Kier molecular flexibility index (Phi) is 12.7. The minimum atomic E-state index is -1.49. The first-order valence-corrected chi connectivity index (χ1v) is 12.8. The summed E-state index contributed by atoms with van der Waals surface area (Å²) in [6.07, 6.45) is 2.30. The van der Waals surface area contributed by atoms with Crippen molar-refractivity contribution in [3.05, 3.63) is 48.0 Å². The van der Waals surface area contributed by atoms with Gasteiger partial charge in [-0.3, -0.25) is 24.2 Å². The zero-order valence-electron chi connectivity index (χ0n) is 22.7. The summed E-state index contributed by atoms with van der Waals surface area (Å²) in [6, 6.07) is 0.701. The van der Waals surface area contributed by atoms with Crippen LogP contribution >= 0.6 is 0 Å². The van der Waals surface area contributed by atoms with Crippen LogP contribution in [0.2, 0.25) is 0 Å². The van der Waals surface area contributed by atoms with Crippen molar-refractivity contribution in [2.45, 2.75) is 56.3 Å². The number of primary amides is 1. The van der Waals surface area contributed by atoms with E-state index in [1.165, 1.54) is 24.7 Å². The average molecular weight is 589 g/mol. The lowest BCUT2D eigenvalue weighted by molar-refractivity contribution is -0.142. The standard InChI is InChI=1S/C25H36N10O7/c26-16(8-13-3-5-15(36)6-4-13)21(38)34-19(10-20(27)37)23(40)35-18(9-14-11-30-12-32-14)22(39)33-17(24(41)42)2-1-7-31-25(28)29/h3-6,11-12,16-19,36H,1-2,7-10,26H2,(H2,27,37)(H,30,32)(H,33,39)(H,34,38)(H,35,40)(H,41,42)(H4,28,29,31). The van der Waals surface area contributed by atoms with Gasteiger partial charge in [-0.2, -0.15) is 0 Å². The Balaban J connectivity index is 2.15. The van der Waals surface area contributed by atoms with E-state index in [0.29, 0.717) is 11.3 Å². The first-order valence-electron chi connectivity index (χ1n) is 12.8. The number of H-pyrrole nitrogens is 1. The summed E-state index contributed by atoms with van der Waals surface area (Å²) in [7, 11) is 0. The van der Waals surface area contributed by atoms with Gasteiger partial charge < -0.3 is 54.1 Å². The van der Waals surface area contributed by atoms with Gasteiger partial charge in [0, 0.05) is 24.9 Å². The molecule has 0 spiro atoms. The number of hydrogen-bond acceptors (Lipinski definition) is 9. The number of rotatable bonds is 17. The molecule has 1 aromatic heterocycles. The number of phenolic OH excluding ortho intramolecular Hbond substituents is 1. The summed E-state index contributed by atoms with van der Waals surface area (Å²) in [4.78, 5) is 73.0. The van der Waals surface area contributed by atoms with Crippen molar-refractivity contribution in [2.75, 3.05) is 6.54 Å². The Hall–Kier alpha value is -5.19. The highest BCUT2D eigenvalue weighted by Crippen LogP contribution is 2.11. The number of amides is 4. The lowest BCUT2D eigenvalue weighted by Crippen LogP contribution is -2.58. The minimum absolute atomic E-state index is 0.0120. The SMILES string of the molecule is NC(=O)CC(NC(=O)C(N)Cc1ccc(O)cc1)C(=O)NC(Cc1cnc[nH]1)C(=O)NC(CCCN=C(N)N)C(=O)O. The number of guanidine groups is 1. The summed E-state index contributed by atoms with van der Waals surface area (Å²) in [5.41, 5.74) is 22.9. The second-order valence-electron chi connectivity index (χ2n) is 9.40. The fourth-order valence-electron chi connectivity index (χ4n) is 3.80. The lowest BCUT2D eigenvalue weighted by Gasteiger charge is -2.24. The van der Waals surface area contributed by atoms with Gasteiger partial charge in [0.15, 0.2) is 5.96 Å². The molecule has 0 radical (unpaired) electrons. The van der Waals surface area contributed by atoms with Crippen LogP contribution in [0.15, 0.2) is 41.8 Å². The largest absolute Gasteiger partial charge is 0.508 e. The molecule has 228 valence electrons. The molecule has 0 saturated heterocycles. The van der Waals surface area contributed by atoms with Crippen LogP contribution in [-0.4, -0.2) is 86.5 Å². The maximum absolute atomic E-state index is 13.2. The predicted molar refractivity (Wildman–Crippen MR) is 149 cm³/mol. The number of imidazole rings is 1. The molecule has 0 aliphatic rings. The number of nitrogens with one attached hydrogen (secondary N) is 4. The van der Waals surface area contributed by atoms with E-state index in [1.54, 1.807) is 12.1 Å². The monoisotopic (exact) mass is 588 g/mol. The molecular formula is C25H36N10O7. The van der Waals surface area contributed by atoms with Crippen molar-refractivity contribution in [1.29, 1.82) is 0 Å². The molecule has 1 aromatic carbocycles. The van der Waals surface area contributed by atoms with E-state index in [-0.39, 0.29) is 43.9 Å². The topological polar surface area (TPSA) is 307 Å². The van der Waals surface area contributed by atoms with Crippen LogP contribution in [0.1, 0.15) is 30.5 Å². The number of nitrogens with two attached hydrogens (primary N) is 4. The van der Waals surface area contributed by atoms with E-state index in [0.717, 1.165) is 0 Å². The molecule has 42 heavy (non-hydrogen) atoms. The molecule has 4 atom stereocenters. The second kappa shape index (κ2) is 16.2. The molecule has 0 saturated carbocycles. The molecule has 2 rings (SSSR count). The fourth-order valence-corrected chi connectivity index (χ4v) is 3.80. The summed E-state index contributed by atoms with van der Waals surface area (Å²) >= 11 is 0. The Morgan fingerprint density at radius 1 is 0.905 bits per heavy atom. The van der Waals surface area contributed by atoms with Gasteiger partial charge in [0.05, 0.1) is 18.8 Å². The van der Waals surface area contributed by atoms with Crippen LogP contribution in [0.3, 0.4) is 0 Å². The van der Waals surface area contributed by atoms with Gasteiger partial charge in [-0.1, -0.05) is 12.1 Å². The molecule has 17 heteroatoms. The van der Waals surface area contributed by atoms with Crippen molar-refractivity contribution in [3.8, 4) is 5.75 Å². The van der Waals surface area contributed by atoms with Crippen LogP contribution in [0.5, 0.6) is 5.75 Å². The Labute approximate surface area is 240 Å². The number of aromatic amines is 1. The van der Waals surface area contributed by atoms with E-state index in [4.69, 9.17) is 22.9 Å². The molecule has 17 nitrogen and oxygen atoms in total. The van der Waals surface area contributed by atoms with E-state index < -0.39 is 60.2 Å². The number of phenols is 1. The van der Waals surface area contributed by atoms with Gasteiger partial charge in [-0.05, 0) is 37.0 Å². The number of hydrogen-bond donors (Lipinski definition) is 10. The molecule has 2 aromatic rings. The smallest absolute Gasteiger partial charge is 0.326 e. The summed E-state index contributed by atoms with van der Waals surface area (Å²) in [5, 5.41) is 26.2. The van der Waals surface area contributed by atoms with Crippen molar-refractivity contribution < 1.29 is 34.2 Å². The van der Waals surface area contributed by atoms with Crippen LogP contribution in [-0.2, 0) is 36.8 Å². The molecule has 0 fully saturated rings. The zero-order valence-corrected chi connectivity index (χ0v) is 22.7. The number of carbonyl (C=O) groups is 5. The number of carboxylic acids is 1. The van der Waals surface area contributed by atoms with Crippen molar-refractivity contribution in [2.24, 2.45) is 27.9 Å². The summed E-state index contributed by atoms with van der Waals surface area (Å²) in [6.45, 7) is 0.139. The number of aromatic hydroxyl groups is 1. The highest BCUT2D eigenvalue weighted by Gasteiger charge is 2.31. The molecular weight excluding hydrogens is 552 g/mol. The van der Waals surface area contributed by atoms with Gasteiger partial charge >= 0.3 is 5.97 Å². The number of nitrogens with zero attached hydrogens (tertiary/aromatic N) is 2. The number of benzene rings is 1. The quantitative estimate of drug-likeness (QED) is 0.0495. The maximum atomic E-state index is 13.2. The molecule has 0 aliphatic carbocycles. The van der Waals surface area contributed by atoms with Crippen molar-refractivity contribution in [1.82, 2.24) is 25.9 Å². The number of aromatic nitrogens is 2. The Morgan fingerprint density at radius 3 is 2.10 bits per heavy atom. The van der Waals surface area contributed by atoms with E-state index >= 15 is 0 Å². The maximum Gasteiger partial charge on any atom is 0.326 e. The van der Waals surface area contributed by atoms with Crippen LogP contribution in [0.25, 0.3) is 0 Å². The lowest BCUT2D eigenvalue weighted by atomic mass is 10.0. The third-order valence-corrected chi connectivity index (χ3v) is 5.94. The van der Waals surface area contributed by atoms with Crippen LogP contribution < -0.4 is 38.9 Å². The van der Waals surface area contributed by atoms with Crippen molar-refractivity contribution >= 4 is 35.6 Å². The highest BCUT2D eigenvalue weighted by molar-refractivity contribution is 5.96. The number of aliphatic imine (C=N–C) groups is 1. The first-order chi connectivity index (χ1) is 19.8. The molecule has 1 heterocycles.